The van der Waals surface area contributed by atoms with Crippen LogP contribution in [-0.2, 0) is 21.0 Å². The van der Waals surface area contributed by atoms with Crippen molar-refractivity contribution in [1.29, 1.82) is 0 Å². The highest BCUT2D eigenvalue weighted by molar-refractivity contribution is 6.38. The number of ether oxygens (including phenoxy) is 2. The molecule has 0 saturated carbocycles. The largest absolute Gasteiger partial charge is 0.495 e. The smallest absolute Gasteiger partial charge is 0.246 e. The first-order valence-corrected chi connectivity index (χ1v) is 14.0. The summed E-state index contributed by atoms with van der Waals surface area (Å²) < 4.78 is 11.4. The third kappa shape index (κ3) is 7.82. The van der Waals surface area contributed by atoms with Crippen LogP contribution in [0.2, 0.25) is 10.0 Å². The third-order valence-electron chi connectivity index (χ3n) is 6.47. The second-order valence-electron chi connectivity index (χ2n) is 9.57. The highest BCUT2D eigenvalue weighted by Crippen LogP contribution is 2.35. The maximum Gasteiger partial charge on any atom is 0.246 e. The van der Waals surface area contributed by atoms with Gasteiger partial charge in [-0.1, -0.05) is 47.5 Å². The number of rotatable bonds is 10. The van der Waals surface area contributed by atoms with Crippen molar-refractivity contribution in [2.24, 2.45) is 0 Å². The number of nitrogens with zero attached hydrogens (tertiary/aromatic N) is 2. The Balaban J connectivity index is 1.39. The molecule has 3 aromatic carbocycles. The van der Waals surface area contributed by atoms with Gasteiger partial charge in [0.2, 0.25) is 17.7 Å². The number of anilines is 2. The molecule has 43 heavy (non-hydrogen) atoms. The van der Waals surface area contributed by atoms with Crippen LogP contribution in [0.1, 0.15) is 23.7 Å². The van der Waals surface area contributed by atoms with Crippen LogP contribution in [0.25, 0.3) is 17.0 Å². The fourth-order valence-corrected chi connectivity index (χ4v) is 4.82. The van der Waals surface area contributed by atoms with Crippen LogP contribution >= 0.6 is 23.2 Å². The number of methoxy groups -OCH3 is 1. The number of carbonyl (C=O) groups excluding carboxylic acids is 3. The minimum Gasteiger partial charge on any atom is -0.495 e. The molecule has 0 bridgehead atoms. The maximum atomic E-state index is 12.9. The molecular formula is C32H30Cl2N4O5. The Labute approximate surface area is 259 Å². The number of carbonyl (C=O) groups is 3. The molecular weight excluding hydrogens is 591 g/mol. The molecule has 4 rings (SSSR count). The molecule has 0 aliphatic carbocycles. The van der Waals surface area contributed by atoms with Gasteiger partial charge in [0.15, 0.2) is 0 Å². The molecule has 0 aliphatic heterocycles. The van der Waals surface area contributed by atoms with Crippen molar-refractivity contribution < 1.29 is 23.9 Å². The zero-order valence-corrected chi connectivity index (χ0v) is 25.5. The van der Waals surface area contributed by atoms with E-state index in [1.165, 1.54) is 25.0 Å². The van der Waals surface area contributed by atoms with Crippen LogP contribution in [0.4, 0.5) is 11.4 Å². The summed E-state index contributed by atoms with van der Waals surface area (Å²) >= 11 is 13.2. The molecule has 2 N–H and O–H groups in total. The van der Waals surface area contributed by atoms with Gasteiger partial charge in [-0.05, 0) is 55.0 Å². The molecule has 1 heterocycles. The first-order valence-electron chi connectivity index (χ1n) is 13.2. The van der Waals surface area contributed by atoms with Gasteiger partial charge < -0.3 is 25.0 Å². The van der Waals surface area contributed by atoms with Crippen molar-refractivity contribution in [1.82, 2.24) is 10.3 Å². The summed E-state index contributed by atoms with van der Waals surface area (Å²) in [6.45, 7) is 3.10. The SMILES string of the molecule is COc1cc(/C=C/C(=O)NCC(=O)N(C)c2ccc(Cl)c(COc3cccc4ccc(C)nc34)c2Cl)ccc1NC(C)=O. The van der Waals surface area contributed by atoms with Gasteiger partial charge in [-0.15, -0.1) is 0 Å². The number of pyridine rings is 1. The molecule has 0 fully saturated rings. The summed E-state index contributed by atoms with van der Waals surface area (Å²) in [5.74, 6) is -0.0625. The van der Waals surface area contributed by atoms with Gasteiger partial charge in [-0.25, -0.2) is 4.98 Å². The molecule has 11 heteroatoms. The highest BCUT2D eigenvalue weighted by atomic mass is 35.5. The van der Waals surface area contributed by atoms with Gasteiger partial charge in [0.1, 0.15) is 23.6 Å². The second-order valence-corrected chi connectivity index (χ2v) is 10.4. The third-order valence-corrected chi connectivity index (χ3v) is 7.25. The second kappa shape index (κ2) is 14.0. The number of amides is 3. The minimum atomic E-state index is -0.470. The number of aromatic nitrogens is 1. The maximum absolute atomic E-state index is 12.9. The van der Waals surface area contributed by atoms with Crippen LogP contribution in [0.15, 0.2) is 66.7 Å². The Bertz CT molecular complexity index is 1720. The van der Waals surface area contributed by atoms with Gasteiger partial charge in [0, 0.05) is 41.7 Å². The molecule has 0 radical (unpaired) electrons. The fraction of sp³-hybridized carbons (Fsp3) is 0.188. The van der Waals surface area contributed by atoms with E-state index in [-0.39, 0.29) is 24.1 Å². The summed E-state index contributed by atoms with van der Waals surface area (Å²) in [7, 11) is 3.04. The number of hydrogen-bond acceptors (Lipinski definition) is 6. The van der Waals surface area contributed by atoms with Gasteiger partial charge in [-0.3, -0.25) is 14.4 Å². The number of fused-ring (bicyclic) bond motifs is 1. The van der Waals surface area contributed by atoms with Crippen molar-refractivity contribution in [3.05, 3.63) is 93.6 Å². The standard InChI is InChI=1S/C32H30Cl2N4O5/c1-19-8-11-22-6-5-7-27(32(22)36-19)43-18-23-24(33)12-14-26(31(23)34)38(3)30(41)17-35-29(40)15-10-21-9-13-25(37-20(2)39)28(16-21)42-4/h5-16H,17-18H2,1-4H3,(H,35,40)(H,37,39)/b15-10+. The van der Waals surface area contributed by atoms with Crippen molar-refractivity contribution in [3.8, 4) is 11.5 Å². The fourth-order valence-electron chi connectivity index (χ4n) is 4.21. The van der Waals surface area contributed by atoms with E-state index in [9.17, 15) is 14.4 Å². The van der Waals surface area contributed by atoms with Crippen molar-refractivity contribution in [3.63, 3.8) is 0 Å². The number of halogens is 2. The summed E-state index contributed by atoms with van der Waals surface area (Å²) in [5, 5.41) is 6.84. The lowest BCUT2D eigenvalue weighted by atomic mass is 10.1. The highest BCUT2D eigenvalue weighted by Gasteiger charge is 2.19. The van der Waals surface area contributed by atoms with Gasteiger partial charge in [0.05, 0.1) is 30.1 Å². The summed E-state index contributed by atoms with van der Waals surface area (Å²) in [6, 6.07) is 17.9. The molecule has 3 amide bonds. The molecule has 0 spiro atoms. The van der Waals surface area contributed by atoms with Gasteiger partial charge in [0.25, 0.3) is 0 Å². The first-order chi connectivity index (χ1) is 20.6. The van der Waals surface area contributed by atoms with Crippen LogP contribution in [0.5, 0.6) is 11.5 Å². The molecule has 1 aromatic heterocycles. The molecule has 0 saturated heterocycles. The Kier molecular flexibility index (Phi) is 10.2. The lowest BCUT2D eigenvalue weighted by Gasteiger charge is -2.21. The average Bonchev–Trinajstić information content (AvgIpc) is 2.98. The summed E-state index contributed by atoms with van der Waals surface area (Å²) in [4.78, 5) is 42.6. The van der Waals surface area contributed by atoms with E-state index in [2.05, 4.69) is 15.6 Å². The predicted molar refractivity (Wildman–Crippen MR) is 170 cm³/mol. The lowest BCUT2D eigenvalue weighted by molar-refractivity contribution is -0.122. The molecule has 0 aliphatic rings. The van der Waals surface area contributed by atoms with E-state index < -0.39 is 11.8 Å². The number of benzene rings is 3. The number of likely N-dealkylation sites (N-methyl/N-ethyl adjacent to an activating group) is 1. The number of nitrogens with one attached hydrogen (secondary N) is 2. The monoisotopic (exact) mass is 620 g/mol. The summed E-state index contributed by atoms with van der Waals surface area (Å²) in [6.07, 6.45) is 2.87. The van der Waals surface area contributed by atoms with Gasteiger partial charge >= 0.3 is 0 Å². The number of aryl methyl sites for hydroxylation is 1. The topological polar surface area (TPSA) is 110 Å². The average molecular weight is 622 g/mol. The first kappa shape index (κ1) is 31.3. The van der Waals surface area contributed by atoms with Crippen LogP contribution in [-0.4, -0.2) is 43.4 Å². The molecule has 0 atom stereocenters. The molecule has 9 nitrogen and oxygen atoms in total. The van der Waals surface area contributed by atoms with E-state index >= 15 is 0 Å². The van der Waals surface area contributed by atoms with Crippen molar-refractivity contribution >= 4 is 69.3 Å². The molecule has 222 valence electrons. The van der Waals surface area contributed by atoms with Crippen LogP contribution in [0.3, 0.4) is 0 Å². The van der Waals surface area contributed by atoms with E-state index in [0.717, 1.165) is 16.6 Å². The number of para-hydroxylation sites is 1. The minimum absolute atomic E-state index is 0.0559. The molecule has 4 aromatic rings. The quantitative estimate of drug-likeness (QED) is 0.205. The Morgan fingerprint density at radius 3 is 2.56 bits per heavy atom. The zero-order valence-electron chi connectivity index (χ0n) is 24.0. The van der Waals surface area contributed by atoms with E-state index in [4.69, 9.17) is 32.7 Å². The predicted octanol–water partition coefficient (Wildman–Crippen LogP) is 6.19. The van der Waals surface area contributed by atoms with E-state index in [0.29, 0.717) is 39.0 Å². The van der Waals surface area contributed by atoms with Crippen molar-refractivity contribution in [2.45, 2.75) is 20.5 Å². The number of hydrogen-bond donors (Lipinski definition) is 2. The lowest BCUT2D eigenvalue weighted by Crippen LogP contribution is -2.37. The van der Waals surface area contributed by atoms with Crippen molar-refractivity contribution in [2.75, 3.05) is 30.9 Å². The van der Waals surface area contributed by atoms with E-state index in [1.54, 1.807) is 43.5 Å². The Hall–Kier alpha value is -4.60. The molecule has 0 unspecified atom stereocenters. The Morgan fingerprint density at radius 1 is 1.02 bits per heavy atom. The van der Waals surface area contributed by atoms with Crippen LogP contribution in [0, 0.1) is 6.92 Å². The van der Waals surface area contributed by atoms with Crippen LogP contribution < -0.4 is 25.0 Å². The Morgan fingerprint density at radius 2 is 1.81 bits per heavy atom. The van der Waals surface area contributed by atoms with Gasteiger partial charge in [-0.2, -0.15) is 0 Å². The summed E-state index contributed by atoms with van der Waals surface area (Å²) in [5.41, 5.74) is 3.70. The van der Waals surface area contributed by atoms with E-state index in [1.807, 2.05) is 37.3 Å². The normalized spacial score (nSPS) is 10.9. The zero-order chi connectivity index (χ0) is 31.1.